The normalized spacial score (nSPS) is 15.2. The molecule has 1 aromatic rings. The molecule has 0 spiro atoms. The fourth-order valence-corrected chi connectivity index (χ4v) is 3.05. The third-order valence-electron chi connectivity index (χ3n) is 3.32. The minimum absolute atomic E-state index is 0.114. The van der Waals surface area contributed by atoms with Crippen LogP contribution in [0.25, 0.3) is 0 Å². The highest BCUT2D eigenvalue weighted by molar-refractivity contribution is 7.99. The molecule has 1 aliphatic heterocycles. The molecule has 20 heavy (non-hydrogen) atoms. The molecule has 0 unspecified atom stereocenters. The van der Waals surface area contributed by atoms with Crippen molar-refractivity contribution in [3.05, 3.63) is 34.9 Å². The van der Waals surface area contributed by atoms with Crippen LogP contribution in [-0.2, 0) is 0 Å². The molecule has 1 fully saturated rings. The predicted octanol–water partition coefficient (Wildman–Crippen LogP) is 1.88. The Labute approximate surface area is 124 Å². The topological polar surface area (TPSA) is 46.3 Å². The van der Waals surface area contributed by atoms with E-state index in [-0.39, 0.29) is 5.91 Å². The Morgan fingerprint density at radius 3 is 3.05 bits per heavy atom. The molecular formula is C16H20N2OS. The number of amides is 1. The van der Waals surface area contributed by atoms with E-state index in [1.54, 1.807) is 0 Å². The van der Waals surface area contributed by atoms with Gasteiger partial charge in [-0.3, -0.25) is 4.79 Å². The van der Waals surface area contributed by atoms with Crippen LogP contribution in [0.15, 0.2) is 18.2 Å². The summed E-state index contributed by atoms with van der Waals surface area (Å²) in [4.78, 5) is 14.5. The number of hydrogen-bond acceptors (Lipinski definition) is 3. The molecule has 0 saturated carbocycles. The standard InChI is InChI=1S/C16H20N2OS/c1-13-5-6-15(12-14(13)4-2-7-17)16(19)18-8-3-10-20-11-9-18/h5-6,12H,3,7-11,17H2,1H3. The molecular weight excluding hydrogens is 268 g/mol. The van der Waals surface area contributed by atoms with Crippen LogP contribution in [0.3, 0.4) is 0 Å². The molecule has 1 saturated heterocycles. The lowest BCUT2D eigenvalue weighted by molar-refractivity contribution is 0.0768. The predicted molar refractivity (Wildman–Crippen MR) is 85.0 cm³/mol. The summed E-state index contributed by atoms with van der Waals surface area (Å²) in [7, 11) is 0. The van der Waals surface area contributed by atoms with E-state index in [2.05, 4.69) is 11.8 Å². The van der Waals surface area contributed by atoms with Gasteiger partial charge in [-0.1, -0.05) is 17.9 Å². The molecule has 0 bridgehead atoms. The zero-order valence-corrected chi connectivity index (χ0v) is 12.6. The highest BCUT2D eigenvalue weighted by Crippen LogP contribution is 2.16. The van der Waals surface area contributed by atoms with Crippen LogP contribution in [0, 0.1) is 18.8 Å². The van der Waals surface area contributed by atoms with Crippen LogP contribution in [0.5, 0.6) is 0 Å². The molecule has 4 heteroatoms. The molecule has 0 aromatic heterocycles. The van der Waals surface area contributed by atoms with E-state index in [0.29, 0.717) is 6.54 Å². The molecule has 1 aliphatic rings. The Hall–Kier alpha value is -1.44. The number of rotatable bonds is 1. The van der Waals surface area contributed by atoms with Gasteiger partial charge in [-0.15, -0.1) is 0 Å². The van der Waals surface area contributed by atoms with Crippen molar-refractivity contribution in [1.82, 2.24) is 4.90 Å². The van der Waals surface area contributed by atoms with Gasteiger partial charge in [-0.2, -0.15) is 11.8 Å². The average Bonchev–Trinajstić information content (AvgIpc) is 2.75. The van der Waals surface area contributed by atoms with Crippen molar-refractivity contribution in [3.63, 3.8) is 0 Å². The Morgan fingerprint density at radius 2 is 2.25 bits per heavy atom. The number of hydrogen-bond donors (Lipinski definition) is 1. The van der Waals surface area contributed by atoms with Gasteiger partial charge in [0.1, 0.15) is 0 Å². The first-order chi connectivity index (χ1) is 9.72. The van der Waals surface area contributed by atoms with Crippen LogP contribution in [0.1, 0.15) is 27.9 Å². The molecule has 1 amide bonds. The van der Waals surface area contributed by atoms with Gasteiger partial charge in [0.15, 0.2) is 0 Å². The van der Waals surface area contributed by atoms with Crippen molar-refractivity contribution in [2.24, 2.45) is 5.73 Å². The molecule has 1 heterocycles. The Morgan fingerprint density at radius 1 is 1.40 bits per heavy atom. The van der Waals surface area contributed by atoms with E-state index in [0.717, 1.165) is 47.7 Å². The fourth-order valence-electron chi connectivity index (χ4n) is 2.17. The minimum atomic E-state index is 0.114. The van der Waals surface area contributed by atoms with Crippen molar-refractivity contribution in [1.29, 1.82) is 0 Å². The highest BCUT2D eigenvalue weighted by atomic mass is 32.2. The van der Waals surface area contributed by atoms with Crippen molar-refractivity contribution < 1.29 is 4.79 Å². The van der Waals surface area contributed by atoms with Crippen molar-refractivity contribution in [2.45, 2.75) is 13.3 Å². The molecule has 2 rings (SSSR count). The second-order valence-electron chi connectivity index (χ2n) is 4.79. The summed E-state index contributed by atoms with van der Waals surface area (Å²) in [6.45, 7) is 4.02. The number of aryl methyl sites for hydroxylation is 1. The highest BCUT2D eigenvalue weighted by Gasteiger charge is 2.17. The number of thioether (sulfide) groups is 1. The van der Waals surface area contributed by atoms with Gasteiger partial charge in [0.05, 0.1) is 6.54 Å². The zero-order chi connectivity index (χ0) is 14.4. The summed E-state index contributed by atoms with van der Waals surface area (Å²) in [5, 5.41) is 0. The van der Waals surface area contributed by atoms with E-state index in [1.807, 2.05) is 41.8 Å². The lowest BCUT2D eigenvalue weighted by Crippen LogP contribution is -2.32. The van der Waals surface area contributed by atoms with Crippen molar-refractivity contribution in [2.75, 3.05) is 31.1 Å². The van der Waals surface area contributed by atoms with E-state index in [1.165, 1.54) is 0 Å². The van der Waals surface area contributed by atoms with Crippen LogP contribution >= 0.6 is 11.8 Å². The number of carbonyl (C=O) groups excluding carboxylic acids is 1. The molecule has 2 N–H and O–H groups in total. The monoisotopic (exact) mass is 288 g/mol. The largest absolute Gasteiger partial charge is 0.338 e. The van der Waals surface area contributed by atoms with E-state index in [4.69, 9.17) is 5.73 Å². The van der Waals surface area contributed by atoms with Crippen molar-refractivity contribution in [3.8, 4) is 11.8 Å². The number of nitrogens with zero attached hydrogens (tertiary/aromatic N) is 1. The van der Waals surface area contributed by atoms with Gasteiger partial charge in [0.25, 0.3) is 5.91 Å². The lowest BCUT2D eigenvalue weighted by atomic mass is 10.0. The second-order valence-corrected chi connectivity index (χ2v) is 6.02. The lowest BCUT2D eigenvalue weighted by Gasteiger charge is -2.20. The number of nitrogens with two attached hydrogens (primary N) is 1. The first-order valence-corrected chi connectivity index (χ1v) is 8.04. The van der Waals surface area contributed by atoms with Gasteiger partial charge < -0.3 is 10.6 Å². The molecule has 3 nitrogen and oxygen atoms in total. The third kappa shape index (κ3) is 3.78. The number of carbonyl (C=O) groups is 1. The van der Waals surface area contributed by atoms with Gasteiger partial charge in [0, 0.05) is 30.0 Å². The summed E-state index contributed by atoms with van der Waals surface area (Å²) < 4.78 is 0. The minimum Gasteiger partial charge on any atom is -0.338 e. The van der Waals surface area contributed by atoms with Crippen LogP contribution in [0.4, 0.5) is 0 Å². The van der Waals surface area contributed by atoms with Crippen LogP contribution in [-0.4, -0.2) is 41.9 Å². The summed E-state index contributed by atoms with van der Waals surface area (Å²) in [5.41, 5.74) is 8.10. The Balaban J connectivity index is 2.21. The van der Waals surface area contributed by atoms with Gasteiger partial charge in [-0.05, 0) is 36.8 Å². The quantitative estimate of drug-likeness (QED) is 0.803. The number of benzene rings is 1. The van der Waals surface area contributed by atoms with Gasteiger partial charge in [-0.25, -0.2) is 0 Å². The maximum Gasteiger partial charge on any atom is 0.253 e. The SMILES string of the molecule is Cc1ccc(C(=O)N2CCCSCC2)cc1C#CCN. The first-order valence-electron chi connectivity index (χ1n) is 6.89. The van der Waals surface area contributed by atoms with E-state index < -0.39 is 0 Å². The molecule has 0 atom stereocenters. The van der Waals surface area contributed by atoms with E-state index >= 15 is 0 Å². The zero-order valence-electron chi connectivity index (χ0n) is 11.8. The summed E-state index contributed by atoms with van der Waals surface area (Å²) in [6, 6.07) is 5.74. The average molecular weight is 288 g/mol. The molecule has 106 valence electrons. The Kier molecular flexibility index (Phi) is 5.51. The van der Waals surface area contributed by atoms with Gasteiger partial charge in [0.2, 0.25) is 0 Å². The maximum atomic E-state index is 12.5. The maximum absolute atomic E-state index is 12.5. The summed E-state index contributed by atoms with van der Waals surface area (Å²) >= 11 is 1.92. The third-order valence-corrected chi connectivity index (χ3v) is 4.37. The molecule has 1 aromatic carbocycles. The Bertz CT molecular complexity index is 537. The summed E-state index contributed by atoms with van der Waals surface area (Å²) in [5.74, 6) is 8.17. The van der Waals surface area contributed by atoms with Crippen LogP contribution in [0.2, 0.25) is 0 Å². The molecule has 0 aliphatic carbocycles. The summed E-state index contributed by atoms with van der Waals surface area (Å²) in [6.07, 6.45) is 1.07. The smallest absolute Gasteiger partial charge is 0.253 e. The second kappa shape index (κ2) is 7.37. The van der Waals surface area contributed by atoms with Gasteiger partial charge >= 0.3 is 0 Å². The first kappa shape index (κ1) is 15.0. The fraction of sp³-hybridized carbons (Fsp3) is 0.438. The van der Waals surface area contributed by atoms with E-state index in [9.17, 15) is 4.79 Å². The van der Waals surface area contributed by atoms with Crippen LogP contribution < -0.4 is 5.73 Å². The molecule has 0 radical (unpaired) electrons. The van der Waals surface area contributed by atoms with Crippen molar-refractivity contribution >= 4 is 17.7 Å².